The SMILES string of the molecule is Nc1c(NNC(=O)c2ccccc2F)ncnc1N1CCc2ccccc21. The van der Waals surface area contributed by atoms with Crippen molar-refractivity contribution in [2.45, 2.75) is 6.42 Å². The Bertz CT molecular complexity index is 1010. The Morgan fingerprint density at radius 1 is 1.11 bits per heavy atom. The molecule has 7 nitrogen and oxygen atoms in total. The number of benzene rings is 2. The molecule has 8 heteroatoms. The third kappa shape index (κ3) is 3.12. The highest BCUT2D eigenvalue weighted by Crippen LogP contribution is 2.37. The number of amides is 1. The van der Waals surface area contributed by atoms with Gasteiger partial charge in [-0.05, 0) is 30.2 Å². The summed E-state index contributed by atoms with van der Waals surface area (Å²) in [6, 6.07) is 13.7. The van der Waals surface area contributed by atoms with Gasteiger partial charge in [0.1, 0.15) is 17.8 Å². The molecule has 0 saturated carbocycles. The lowest BCUT2D eigenvalue weighted by molar-refractivity contribution is 0.0958. The summed E-state index contributed by atoms with van der Waals surface area (Å²) < 4.78 is 13.7. The van der Waals surface area contributed by atoms with Crippen molar-refractivity contribution in [1.82, 2.24) is 15.4 Å². The van der Waals surface area contributed by atoms with Crippen LogP contribution in [0.2, 0.25) is 0 Å². The molecule has 1 aromatic heterocycles. The molecule has 0 fully saturated rings. The van der Waals surface area contributed by atoms with Crippen LogP contribution in [0.4, 0.5) is 27.4 Å². The molecular weight excluding hydrogens is 347 g/mol. The first-order valence-corrected chi connectivity index (χ1v) is 8.42. The summed E-state index contributed by atoms with van der Waals surface area (Å²) in [5, 5.41) is 0. The van der Waals surface area contributed by atoms with Crippen LogP contribution < -0.4 is 21.5 Å². The van der Waals surface area contributed by atoms with Gasteiger partial charge in [0, 0.05) is 12.2 Å². The Hall–Kier alpha value is -3.68. The smallest absolute Gasteiger partial charge is 0.272 e. The number of nitrogens with zero attached hydrogens (tertiary/aromatic N) is 3. The van der Waals surface area contributed by atoms with E-state index >= 15 is 0 Å². The van der Waals surface area contributed by atoms with Crippen molar-refractivity contribution in [2.75, 3.05) is 22.6 Å². The van der Waals surface area contributed by atoms with Crippen molar-refractivity contribution in [3.63, 3.8) is 0 Å². The summed E-state index contributed by atoms with van der Waals surface area (Å²) in [6.07, 6.45) is 2.26. The van der Waals surface area contributed by atoms with Crippen LogP contribution in [0.3, 0.4) is 0 Å². The van der Waals surface area contributed by atoms with Crippen LogP contribution in [0.5, 0.6) is 0 Å². The van der Waals surface area contributed by atoms with Crippen molar-refractivity contribution in [3.8, 4) is 0 Å². The van der Waals surface area contributed by atoms with Gasteiger partial charge < -0.3 is 10.6 Å². The summed E-state index contributed by atoms with van der Waals surface area (Å²) in [5.74, 6) is -0.437. The number of hydrogen-bond acceptors (Lipinski definition) is 6. The van der Waals surface area contributed by atoms with Crippen LogP contribution in [-0.2, 0) is 6.42 Å². The van der Waals surface area contributed by atoms with Gasteiger partial charge in [0.15, 0.2) is 11.6 Å². The van der Waals surface area contributed by atoms with Gasteiger partial charge in [0.05, 0.1) is 5.56 Å². The quantitative estimate of drug-likeness (QED) is 0.616. The minimum absolute atomic E-state index is 0.0775. The monoisotopic (exact) mass is 364 g/mol. The number of carbonyl (C=O) groups excluding carboxylic acids is 1. The van der Waals surface area contributed by atoms with Crippen LogP contribution in [0.1, 0.15) is 15.9 Å². The molecule has 136 valence electrons. The van der Waals surface area contributed by atoms with Gasteiger partial charge in [-0.25, -0.2) is 14.4 Å². The Balaban J connectivity index is 1.55. The molecule has 3 aromatic rings. The third-order valence-electron chi connectivity index (χ3n) is 4.42. The van der Waals surface area contributed by atoms with E-state index in [0.717, 1.165) is 18.7 Å². The minimum atomic E-state index is -0.626. The molecule has 4 rings (SSSR count). The lowest BCUT2D eigenvalue weighted by atomic mass is 10.2. The van der Waals surface area contributed by atoms with Crippen LogP contribution in [0, 0.1) is 5.82 Å². The fourth-order valence-electron chi connectivity index (χ4n) is 3.09. The predicted octanol–water partition coefficient (Wildman–Crippen LogP) is 2.65. The van der Waals surface area contributed by atoms with Crippen molar-refractivity contribution in [3.05, 3.63) is 71.8 Å². The van der Waals surface area contributed by atoms with Crippen molar-refractivity contribution < 1.29 is 9.18 Å². The van der Waals surface area contributed by atoms with Gasteiger partial charge in [-0.2, -0.15) is 0 Å². The van der Waals surface area contributed by atoms with Crippen LogP contribution >= 0.6 is 0 Å². The number of hydrazine groups is 1. The number of para-hydroxylation sites is 1. The summed E-state index contributed by atoms with van der Waals surface area (Å²) in [4.78, 5) is 22.5. The highest BCUT2D eigenvalue weighted by molar-refractivity contribution is 5.95. The molecular formula is C19H17FN6O. The van der Waals surface area contributed by atoms with Gasteiger partial charge in [0.25, 0.3) is 5.91 Å². The zero-order valence-corrected chi connectivity index (χ0v) is 14.3. The Morgan fingerprint density at radius 2 is 1.89 bits per heavy atom. The van der Waals surface area contributed by atoms with E-state index in [0.29, 0.717) is 11.5 Å². The minimum Gasteiger partial charge on any atom is -0.393 e. The number of fused-ring (bicyclic) bond motifs is 1. The normalized spacial score (nSPS) is 12.6. The topological polar surface area (TPSA) is 96.2 Å². The number of nitrogens with one attached hydrogen (secondary N) is 2. The van der Waals surface area contributed by atoms with E-state index < -0.39 is 11.7 Å². The summed E-state index contributed by atoms with van der Waals surface area (Å²) in [5.41, 5.74) is 13.8. The molecule has 4 N–H and O–H groups in total. The zero-order chi connectivity index (χ0) is 18.8. The second kappa shape index (κ2) is 6.91. The average Bonchev–Trinajstić information content (AvgIpc) is 3.11. The van der Waals surface area contributed by atoms with E-state index in [-0.39, 0.29) is 11.4 Å². The molecule has 1 amide bonds. The maximum atomic E-state index is 13.7. The fourth-order valence-corrected chi connectivity index (χ4v) is 3.09. The van der Waals surface area contributed by atoms with Gasteiger partial charge >= 0.3 is 0 Å². The van der Waals surface area contributed by atoms with Gasteiger partial charge in [-0.15, -0.1) is 0 Å². The second-order valence-electron chi connectivity index (χ2n) is 6.05. The average molecular weight is 364 g/mol. The lowest BCUT2D eigenvalue weighted by Gasteiger charge is -2.21. The number of aromatic nitrogens is 2. The Labute approximate surface area is 155 Å². The molecule has 27 heavy (non-hydrogen) atoms. The van der Waals surface area contributed by atoms with E-state index in [9.17, 15) is 9.18 Å². The van der Waals surface area contributed by atoms with E-state index in [1.54, 1.807) is 6.07 Å². The molecule has 0 aliphatic carbocycles. The van der Waals surface area contributed by atoms with Crippen LogP contribution in [0.25, 0.3) is 0 Å². The first kappa shape index (κ1) is 16.8. The molecule has 0 radical (unpaired) electrons. The number of carbonyl (C=O) groups is 1. The second-order valence-corrected chi connectivity index (χ2v) is 6.05. The van der Waals surface area contributed by atoms with Crippen molar-refractivity contribution in [2.24, 2.45) is 0 Å². The first-order valence-electron chi connectivity index (χ1n) is 8.42. The zero-order valence-electron chi connectivity index (χ0n) is 14.3. The standard InChI is InChI=1S/C19H17FN6O/c20-14-7-3-2-6-13(14)19(27)25-24-17-16(21)18(23-11-22-17)26-10-9-12-5-1-4-8-15(12)26/h1-8,11H,9-10,21H2,(H,25,27)(H,22,23,24). The number of hydrogen-bond donors (Lipinski definition) is 3. The molecule has 1 aliphatic heterocycles. The van der Waals surface area contributed by atoms with Crippen LogP contribution in [-0.4, -0.2) is 22.4 Å². The molecule has 1 aliphatic rings. The maximum Gasteiger partial charge on any atom is 0.272 e. The maximum absolute atomic E-state index is 13.7. The molecule has 2 aromatic carbocycles. The molecule has 2 heterocycles. The summed E-state index contributed by atoms with van der Waals surface area (Å²) >= 11 is 0. The fraction of sp³-hybridized carbons (Fsp3) is 0.105. The van der Waals surface area contributed by atoms with Gasteiger partial charge in [0.2, 0.25) is 0 Å². The Kier molecular flexibility index (Phi) is 4.29. The summed E-state index contributed by atoms with van der Waals surface area (Å²) in [7, 11) is 0. The Morgan fingerprint density at radius 3 is 2.74 bits per heavy atom. The number of nitrogen functional groups attached to an aromatic ring is 1. The molecule has 0 unspecified atom stereocenters. The van der Waals surface area contributed by atoms with E-state index in [1.165, 1.54) is 30.1 Å². The molecule has 0 saturated heterocycles. The highest BCUT2D eigenvalue weighted by atomic mass is 19.1. The van der Waals surface area contributed by atoms with Crippen LogP contribution in [0.15, 0.2) is 54.9 Å². The first-order chi connectivity index (χ1) is 13.1. The predicted molar refractivity (Wildman–Crippen MR) is 101 cm³/mol. The number of rotatable bonds is 4. The van der Waals surface area contributed by atoms with E-state index in [2.05, 4.69) is 26.9 Å². The van der Waals surface area contributed by atoms with Crippen molar-refractivity contribution in [1.29, 1.82) is 0 Å². The third-order valence-corrected chi connectivity index (χ3v) is 4.42. The van der Waals surface area contributed by atoms with Gasteiger partial charge in [-0.1, -0.05) is 30.3 Å². The van der Waals surface area contributed by atoms with E-state index in [4.69, 9.17) is 5.73 Å². The van der Waals surface area contributed by atoms with Crippen molar-refractivity contribution >= 4 is 28.9 Å². The number of halogens is 1. The largest absolute Gasteiger partial charge is 0.393 e. The van der Waals surface area contributed by atoms with Gasteiger partial charge in [-0.3, -0.25) is 15.6 Å². The molecule has 0 bridgehead atoms. The highest BCUT2D eigenvalue weighted by Gasteiger charge is 2.24. The number of nitrogens with two attached hydrogens (primary N) is 1. The summed E-state index contributed by atoms with van der Waals surface area (Å²) in [6.45, 7) is 0.752. The lowest BCUT2D eigenvalue weighted by Crippen LogP contribution is -2.31. The van der Waals surface area contributed by atoms with E-state index in [1.807, 2.05) is 23.1 Å². The molecule has 0 spiro atoms. The number of anilines is 4. The molecule has 0 atom stereocenters.